The number of tetrazole rings is 1. The van der Waals surface area contributed by atoms with Crippen molar-refractivity contribution >= 4 is 25.9 Å². The average molecular weight is 466 g/mol. The lowest BCUT2D eigenvalue weighted by Crippen LogP contribution is -2.66. The molecule has 1 aromatic carbocycles. The van der Waals surface area contributed by atoms with Crippen LogP contribution >= 0.6 is 0 Å². The van der Waals surface area contributed by atoms with E-state index in [1.54, 1.807) is 13.0 Å². The van der Waals surface area contributed by atoms with Gasteiger partial charge in [0.05, 0.1) is 11.1 Å². The van der Waals surface area contributed by atoms with Gasteiger partial charge in [0.2, 0.25) is 25.9 Å². The minimum atomic E-state index is -4.56. The second-order valence-electron chi connectivity index (χ2n) is 7.34. The Labute approximate surface area is 177 Å². The molecule has 1 fully saturated rings. The van der Waals surface area contributed by atoms with Crippen LogP contribution < -0.4 is 20.9 Å². The number of primary sulfonamides is 1. The number of aromatic amines is 1. The molecule has 31 heavy (non-hydrogen) atoms. The van der Waals surface area contributed by atoms with Crippen LogP contribution in [0, 0.1) is 0 Å². The topological polar surface area (TPSA) is 212 Å². The van der Waals surface area contributed by atoms with E-state index in [4.69, 9.17) is 10.9 Å². The molecule has 1 saturated heterocycles. The van der Waals surface area contributed by atoms with Crippen LogP contribution in [0.2, 0.25) is 0 Å². The fourth-order valence-electron chi connectivity index (χ4n) is 3.30. The molecule has 0 amide bonds. The highest BCUT2D eigenvalue weighted by atomic mass is 32.2. The number of sulfonamides is 2. The summed E-state index contributed by atoms with van der Waals surface area (Å²) in [6.07, 6.45) is 1.41. The summed E-state index contributed by atoms with van der Waals surface area (Å²) in [7, 11) is -8.84. The van der Waals surface area contributed by atoms with Crippen LogP contribution in [-0.2, 0) is 20.0 Å². The van der Waals surface area contributed by atoms with Crippen molar-refractivity contribution in [2.75, 3.05) is 18.8 Å². The molecule has 0 saturated carbocycles. The first-order chi connectivity index (χ1) is 14.5. The second kappa shape index (κ2) is 7.31. The third kappa shape index (κ3) is 4.00. The van der Waals surface area contributed by atoms with E-state index in [1.807, 2.05) is 0 Å². The van der Waals surface area contributed by atoms with E-state index in [1.165, 1.54) is 24.4 Å². The van der Waals surface area contributed by atoms with Gasteiger partial charge in [0.1, 0.15) is 15.6 Å². The molecule has 1 aliphatic rings. The van der Waals surface area contributed by atoms with Crippen LogP contribution in [0.1, 0.15) is 6.92 Å². The molecular weight excluding hydrogens is 446 g/mol. The van der Waals surface area contributed by atoms with Crippen LogP contribution in [0.5, 0.6) is 0 Å². The smallest absolute Gasteiger partial charge is 0.242 e. The Morgan fingerprint density at radius 2 is 1.87 bits per heavy atom. The van der Waals surface area contributed by atoms with Crippen LogP contribution in [0.15, 0.2) is 40.3 Å². The highest BCUT2D eigenvalue weighted by Gasteiger charge is 2.39. The van der Waals surface area contributed by atoms with Gasteiger partial charge in [0, 0.05) is 24.8 Å². The van der Waals surface area contributed by atoms with Gasteiger partial charge in [-0.3, -0.25) is 0 Å². The van der Waals surface area contributed by atoms with E-state index in [-0.39, 0.29) is 22.8 Å². The highest BCUT2D eigenvalue weighted by Crippen LogP contribution is 2.38. The van der Waals surface area contributed by atoms with Gasteiger partial charge in [-0.05, 0) is 35.9 Å². The quantitative estimate of drug-likeness (QED) is 0.293. The van der Waals surface area contributed by atoms with Gasteiger partial charge in [-0.2, -0.15) is 5.21 Å². The Kier molecular flexibility index (Phi) is 5.01. The lowest BCUT2D eigenvalue weighted by Gasteiger charge is -2.39. The number of anilines is 1. The Balaban J connectivity index is 2.02. The summed E-state index contributed by atoms with van der Waals surface area (Å²) in [5.41, 5.74) is 5.49. The minimum Gasteiger partial charge on any atom is -0.384 e. The molecule has 15 heteroatoms. The number of H-pyrrole nitrogens is 1. The molecule has 0 atom stereocenters. The zero-order valence-corrected chi connectivity index (χ0v) is 17.8. The Morgan fingerprint density at radius 3 is 2.39 bits per heavy atom. The van der Waals surface area contributed by atoms with E-state index in [2.05, 4.69) is 35.6 Å². The summed E-state index contributed by atoms with van der Waals surface area (Å²) in [5, 5.41) is 21.9. The van der Waals surface area contributed by atoms with E-state index in [9.17, 15) is 16.8 Å². The Bertz CT molecular complexity index is 1330. The molecule has 164 valence electrons. The average Bonchev–Trinajstić information content (AvgIpc) is 3.20. The van der Waals surface area contributed by atoms with E-state index >= 15 is 0 Å². The standard InChI is InChI=1S/C16H19N9O4S2/c1-16(7-19-8-16)23-31(28,29)11-4-3-10(9-2-5-12(17)20-6-9)13(14(11)30(18,26)27)15-21-24-25-22-15/h2-6,19,23H,7-8H2,1H3,(H2,17,20)(H2,18,26,27)(H,21,22,24,25). The maximum atomic E-state index is 13.2. The molecule has 3 heterocycles. The van der Waals surface area contributed by atoms with Gasteiger partial charge in [0.25, 0.3) is 0 Å². The van der Waals surface area contributed by atoms with Crippen molar-refractivity contribution in [3.05, 3.63) is 30.5 Å². The van der Waals surface area contributed by atoms with E-state index in [0.29, 0.717) is 18.7 Å². The molecular formula is C16H19N9O4S2. The summed E-state index contributed by atoms with van der Waals surface area (Å²) in [6, 6.07) is 5.72. The lowest BCUT2D eigenvalue weighted by atomic mass is 9.97. The number of nitrogens with zero attached hydrogens (tertiary/aromatic N) is 4. The maximum absolute atomic E-state index is 13.2. The monoisotopic (exact) mass is 465 g/mol. The summed E-state index contributed by atoms with van der Waals surface area (Å²) < 4.78 is 54.2. The molecule has 0 bridgehead atoms. The van der Waals surface area contributed by atoms with Gasteiger partial charge >= 0.3 is 0 Å². The van der Waals surface area contributed by atoms with Crippen molar-refractivity contribution in [2.45, 2.75) is 22.3 Å². The molecule has 2 aromatic heterocycles. The Morgan fingerprint density at radius 1 is 1.13 bits per heavy atom. The van der Waals surface area contributed by atoms with Crippen molar-refractivity contribution in [1.82, 2.24) is 35.6 Å². The number of hydrogen-bond donors (Lipinski definition) is 5. The summed E-state index contributed by atoms with van der Waals surface area (Å²) in [4.78, 5) is 2.84. The molecule has 1 aliphatic heterocycles. The summed E-state index contributed by atoms with van der Waals surface area (Å²) >= 11 is 0. The molecule has 13 nitrogen and oxygen atoms in total. The van der Waals surface area contributed by atoms with Gasteiger partial charge in [-0.15, -0.1) is 10.2 Å². The predicted molar refractivity (Wildman–Crippen MR) is 110 cm³/mol. The first-order valence-electron chi connectivity index (χ1n) is 8.90. The van der Waals surface area contributed by atoms with Gasteiger partial charge in [-0.1, -0.05) is 6.07 Å². The molecule has 4 rings (SSSR count). The molecule has 0 radical (unpaired) electrons. The molecule has 3 aromatic rings. The number of aromatic nitrogens is 5. The predicted octanol–water partition coefficient (Wildman–Crippen LogP) is -1.20. The largest absolute Gasteiger partial charge is 0.384 e. The third-order valence-corrected chi connectivity index (χ3v) is 7.58. The van der Waals surface area contributed by atoms with E-state index in [0.717, 1.165) is 0 Å². The zero-order chi connectivity index (χ0) is 22.4. The lowest BCUT2D eigenvalue weighted by molar-refractivity contribution is 0.279. The number of rotatable bonds is 6. The number of pyridine rings is 1. The number of nitrogens with one attached hydrogen (secondary N) is 3. The van der Waals surface area contributed by atoms with Crippen molar-refractivity contribution in [3.8, 4) is 22.5 Å². The van der Waals surface area contributed by atoms with Crippen molar-refractivity contribution in [2.24, 2.45) is 5.14 Å². The van der Waals surface area contributed by atoms with Gasteiger partial charge < -0.3 is 11.1 Å². The van der Waals surface area contributed by atoms with Crippen molar-refractivity contribution in [1.29, 1.82) is 0 Å². The van der Waals surface area contributed by atoms with Crippen molar-refractivity contribution < 1.29 is 16.8 Å². The summed E-state index contributed by atoms with van der Waals surface area (Å²) in [5.74, 6) is 0.103. The van der Waals surface area contributed by atoms with Crippen LogP contribution in [0.4, 0.5) is 5.82 Å². The van der Waals surface area contributed by atoms with E-state index < -0.39 is 35.4 Å². The number of nitrogens with two attached hydrogens (primary N) is 2. The number of hydrogen-bond acceptors (Lipinski definition) is 10. The Hall–Kier alpha value is -2.98. The van der Waals surface area contributed by atoms with Gasteiger partial charge in [0.15, 0.2) is 0 Å². The molecule has 0 aliphatic carbocycles. The molecule has 0 unspecified atom stereocenters. The fraction of sp³-hybridized carbons (Fsp3) is 0.250. The number of benzene rings is 1. The van der Waals surface area contributed by atoms with Crippen LogP contribution in [0.3, 0.4) is 0 Å². The van der Waals surface area contributed by atoms with Crippen LogP contribution in [-0.4, -0.2) is 61.1 Å². The highest BCUT2D eigenvalue weighted by molar-refractivity contribution is 7.92. The van der Waals surface area contributed by atoms with Gasteiger partial charge in [-0.25, -0.2) is 31.7 Å². The molecule has 7 N–H and O–H groups in total. The maximum Gasteiger partial charge on any atom is 0.242 e. The normalized spacial score (nSPS) is 16.1. The minimum absolute atomic E-state index is 0.123. The molecule has 0 spiro atoms. The second-order valence-corrected chi connectivity index (χ2v) is 10.5. The third-order valence-electron chi connectivity index (χ3n) is 4.77. The van der Waals surface area contributed by atoms with Crippen LogP contribution in [0.25, 0.3) is 22.5 Å². The summed E-state index contributed by atoms with van der Waals surface area (Å²) in [6.45, 7) is 2.49. The van der Waals surface area contributed by atoms with Crippen molar-refractivity contribution in [3.63, 3.8) is 0 Å². The first-order valence-corrected chi connectivity index (χ1v) is 11.9. The number of nitrogen functional groups attached to an aromatic ring is 1. The SMILES string of the molecule is CC1(NS(=O)(=O)c2ccc(-c3ccc(N)nc3)c(-c3nn[nH]n3)c2S(N)(=O)=O)CNC1. The fourth-order valence-corrected chi connectivity index (χ4v) is 6.31. The first kappa shape index (κ1) is 21.3. The zero-order valence-electron chi connectivity index (χ0n) is 16.2.